The third-order valence-electron chi connectivity index (χ3n) is 5.60. The van der Waals surface area contributed by atoms with Crippen molar-refractivity contribution >= 4 is 16.8 Å². The molecule has 0 radical (unpaired) electrons. The number of fused-ring (bicyclic) bond motifs is 2. The molecule has 0 spiro atoms. The van der Waals surface area contributed by atoms with Crippen molar-refractivity contribution in [3.63, 3.8) is 0 Å². The van der Waals surface area contributed by atoms with Gasteiger partial charge in [-0.15, -0.1) is 0 Å². The standard InChI is InChI=1S/C23H26N2O4/c1-27-11-10-25-14-18(16-6-4-5-7-20(16)25)23(26)24-19-9-8-15-12-21(28-2)22(29-3)13-17(15)19/h4-7,12-14,19H,8-11H2,1-3H3,(H,24,26)/t19-/m1/s1. The van der Waals surface area contributed by atoms with Gasteiger partial charge in [-0.2, -0.15) is 0 Å². The first-order valence-corrected chi connectivity index (χ1v) is 9.78. The first-order chi connectivity index (χ1) is 14.2. The topological polar surface area (TPSA) is 61.7 Å². The molecule has 0 saturated heterocycles. The molecule has 1 N–H and O–H groups in total. The molecule has 1 aliphatic carbocycles. The lowest BCUT2D eigenvalue weighted by Gasteiger charge is -2.16. The summed E-state index contributed by atoms with van der Waals surface area (Å²) < 4.78 is 18.1. The molecule has 3 aromatic rings. The Morgan fingerprint density at radius 2 is 1.90 bits per heavy atom. The van der Waals surface area contributed by atoms with Gasteiger partial charge in [-0.3, -0.25) is 4.79 Å². The molecule has 1 heterocycles. The lowest BCUT2D eigenvalue weighted by Crippen LogP contribution is -2.27. The van der Waals surface area contributed by atoms with E-state index in [0.29, 0.717) is 24.5 Å². The Kier molecular flexibility index (Phi) is 5.45. The van der Waals surface area contributed by atoms with Crippen LogP contribution in [0, 0.1) is 0 Å². The van der Waals surface area contributed by atoms with Gasteiger partial charge in [-0.05, 0) is 42.2 Å². The zero-order valence-corrected chi connectivity index (χ0v) is 17.0. The molecule has 0 bridgehead atoms. The van der Waals surface area contributed by atoms with E-state index in [1.807, 2.05) is 42.6 Å². The zero-order chi connectivity index (χ0) is 20.4. The number of nitrogens with zero attached hydrogens (tertiary/aromatic N) is 1. The summed E-state index contributed by atoms with van der Waals surface area (Å²) in [5, 5.41) is 4.17. The fourth-order valence-corrected chi connectivity index (χ4v) is 4.12. The van der Waals surface area contributed by atoms with Gasteiger partial charge in [0.1, 0.15) is 0 Å². The van der Waals surface area contributed by atoms with Crippen LogP contribution in [0.4, 0.5) is 0 Å². The van der Waals surface area contributed by atoms with Crippen molar-refractivity contribution in [2.75, 3.05) is 27.9 Å². The predicted octanol–water partition coefficient (Wildman–Crippen LogP) is 3.72. The van der Waals surface area contributed by atoms with Crippen molar-refractivity contribution < 1.29 is 19.0 Å². The van der Waals surface area contributed by atoms with Gasteiger partial charge in [0.25, 0.3) is 5.91 Å². The van der Waals surface area contributed by atoms with Crippen LogP contribution in [0.5, 0.6) is 11.5 Å². The predicted molar refractivity (Wildman–Crippen MR) is 112 cm³/mol. The molecule has 1 amide bonds. The summed E-state index contributed by atoms with van der Waals surface area (Å²) in [5.41, 5.74) is 4.01. The summed E-state index contributed by atoms with van der Waals surface area (Å²) in [6, 6.07) is 11.9. The molecule has 1 aromatic heterocycles. The summed E-state index contributed by atoms with van der Waals surface area (Å²) in [5.74, 6) is 1.34. The SMILES string of the molecule is COCCn1cc(C(=O)N[C@@H]2CCc3cc(OC)c(OC)cc32)c2ccccc21. The minimum absolute atomic E-state index is 0.0432. The monoisotopic (exact) mass is 394 g/mol. The van der Waals surface area contributed by atoms with Crippen molar-refractivity contribution in [2.45, 2.75) is 25.4 Å². The fraction of sp³-hybridized carbons (Fsp3) is 0.348. The van der Waals surface area contributed by atoms with Crippen molar-refractivity contribution in [1.29, 1.82) is 0 Å². The number of ether oxygens (including phenoxy) is 3. The van der Waals surface area contributed by atoms with Crippen LogP contribution >= 0.6 is 0 Å². The number of carbonyl (C=O) groups is 1. The Balaban J connectivity index is 1.62. The molecule has 2 aromatic carbocycles. The van der Waals surface area contributed by atoms with Gasteiger partial charge < -0.3 is 24.1 Å². The first kappa shape index (κ1) is 19.3. The number of hydrogen-bond donors (Lipinski definition) is 1. The van der Waals surface area contributed by atoms with Crippen LogP contribution in [0.1, 0.15) is 33.9 Å². The Labute approximate surface area is 170 Å². The third-order valence-corrected chi connectivity index (χ3v) is 5.60. The maximum Gasteiger partial charge on any atom is 0.253 e. The summed E-state index contributed by atoms with van der Waals surface area (Å²) in [6.07, 6.45) is 3.68. The van der Waals surface area contributed by atoms with E-state index in [1.165, 1.54) is 5.56 Å². The van der Waals surface area contributed by atoms with Gasteiger partial charge in [0, 0.05) is 30.8 Å². The molecule has 1 aliphatic rings. The molecular weight excluding hydrogens is 368 g/mol. The van der Waals surface area contributed by atoms with Gasteiger partial charge >= 0.3 is 0 Å². The average molecular weight is 394 g/mol. The zero-order valence-electron chi connectivity index (χ0n) is 17.0. The number of rotatable bonds is 7. The number of amides is 1. The quantitative estimate of drug-likeness (QED) is 0.663. The highest BCUT2D eigenvalue weighted by atomic mass is 16.5. The highest BCUT2D eigenvalue weighted by molar-refractivity contribution is 6.07. The molecule has 0 fully saturated rings. The Morgan fingerprint density at radius 3 is 2.66 bits per heavy atom. The smallest absolute Gasteiger partial charge is 0.253 e. The van der Waals surface area contributed by atoms with Gasteiger partial charge in [0.2, 0.25) is 0 Å². The van der Waals surface area contributed by atoms with Crippen LogP contribution in [-0.4, -0.2) is 38.4 Å². The normalized spacial score (nSPS) is 15.3. The molecule has 1 atom stereocenters. The van der Waals surface area contributed by atoms with Crippen LogP contribution in [0.2, 0.25) is 0 Å². The second kappa shape index (κ2) is 8.17. The van der Waals surface area contributed by atoms with E-state index in [0.717, 1.165) is 35.1 Å². The fourth-order valence-electron chi connectivity index (χ4n) is 4.12. The van der Waals surface area contributed by atoms with Crippen LogP contribution in [-0.2, 0) is 17.7 Å². The number of benzene rings is 2. The molecule has 0 unspecified atom stereocenters. The highest BCUT2D eigenvalue weighted by Crippen LogP contribution is 2.39. The van der Waals surface area contributed by atoms with Crippen LogP contribution in [0.3, 0.4) is 0 Å². The Morgan fingerprint density at radius 1 is 1.14 bits per heavy atom. The number of nitrogens with one attached hydrogen (secondary N) is 1. The summed E-state index contributed by atoms with van der Waals surface area (Å²) in [7, 11) is 4.94. The number of hydrogen-bond acceptors (Lipinski definition) is 4. The second-order valence-electron chi connectivity index (χ2n) is 7.22. The van der Waals surface area contributed by atoms with Gasteiger partial charge in [0.05, 0.1) is 32.4 Å². The number of para-hydroxylation sites is 1. The van der Waals surface area contributed by atoms with Crippen LogP contribution < -0.4 is 14.8 Å². The van der Waals surface area contributed by atoms with Crippen molar-refractivity contribution in [3.05, 3.63) is 59.3 Å². The summed E-state index contributed by atoms with van der Waals surface area (Å²) in [6.45, 7) is 1.30. The third kappa shape index (κ3) is 3.56. The molecule has 4 rings (SSSR count). The second-order valence-corrected chi connectivity index (χ2v) is 7.22. The Bertz CT molecular complexity index is 1040. The number of aromatic nitrogens is 1. The van der Waals surface area contributed by atoms with E-state index in [1.54, 1.807) is 21.3 Å². The molecule has 0 saturated carbocycles. The first-order valence-electron chi connectivity index (χ1n) is 9.78. The van der Waals surface area contributed by atoms with Crippen LogP contribution in [0.25, 0.3) is 10.9 Å². The molecule has 152 valence electrons. The van der Waals surface area contributed by atoms with Crippen LogP contribution in [0.15, 0.2) is 42.6 Å². The minimum Gasteiger partial charge on any atom is -0.493 e. The maximum absolute atomic E-state index is 13.2. The molecule has 29 heavy (non-hydrogen) atoms. The molecule has 6 nitrogen and oxygen atoms in total. The lowest BCUT2D eigenvalue weighted by atomic mass is 10.1. The van der Waals surface area contributed by atoms with Crippen molar-refractivity contribution in [3.8, 4) is 11.5 Å². The van der Waals surface area contributed by atoms with E-state index >= 15 is 0 Å². The van der Waals surface area contributed by atoms with E-state index in [4.69, 9.17) is 14.2 Å². The van der Waals surface area contributed by atoms with Crippen molar-refractivity contribution in [2.24, 2.45) is 0 Å². The van der Waals surface area contributed by atoms with Crippen molar-refractivity contribution in [1.82, 2.24) is 9.88 Å². The van der Waals surface area contributed by atoms with E-state index in [-0.39, 0.29) is 11.9 Å². The minimum atomic E-state index is -0.0648. The number of carbonyl (C=O) groups excluding carboxylic acids is 1. The number of aryl methyl sites for hydroxylation is 1. The van der Waals surface area contributed by atoms with E-state index < -0.39 is 0 Å². The van der Waals surface area contributed by atoms with E-state index in [9.17, 15) is 4.79 Å². The van der Waals surface area contributed by atoms with E-state index in [2.05, 4.69) is 9.88 Å². The molecule has 0 aliphatic heterocycles. The Hall–Kier alpha value is -2.99. The van der Waals surface area contributed by atoms with Gasteiger partial charge in [-0.25, -0.2) is 0 Å². The highest BCUT2D eigenvalue weighted by Gasteiger charge is 2.27. The summed E-state index contributed by atoms with van der Waals surface area (Å²) in [4.78, 5) is 13.2. The number of methoxy groups -OCH3 is 3. The largest absolute Gasteiger partial charge is 0.493 e. The van der Waals surface area contributed by atoms with Gasteiger partial charge in [0.15, 0.2) is 11.5 Å². The average Bonchev–Trinajstić information content (AvgIpc) is 3.32. The van der Waals surface area contributed by atoms with Gasteiger partial charge in [-0.1, -0.05) is 18.2 Å². The molecular formula is C23H26N2O4. The molecule has 6 heteroatoms. The summed E-state index contributed by atoms with van der Waals surface area (Å²) >= 11 is 0. The lowest BCUT2D eigenvalue weighted by molar-refractivity contribution is 0.0938. The maximum atomic E-state index is 13.2.